The second kappa shape index (κ2) is 5.20. The van der Waals surface area contributed by atoms with Gasteiger partial charge in [0.25, 0.3) is 0 Å². The minimum absolute atomic E-state index is 0.0546. The van der Waals surface area contributed by atoms with Crippen molar-refractivity contribution in [2.45, 2.75) is 12.5 Å². The van der Waals surface area contributed by atoms with Gasteiger partial charge in [-0.1, -0.05) is 18.2 Å². The summed E-state index contributed by atoms with van der Waals surface area (Å²) in [5, 5.41) is 20.4. The Bertz CT molecular complexity index is 500. The van der Waals surface area contributed by atoms with E-state index in [0.29, 0.717) is 6.42 Å². The molecule has 0 bridgehead atoms. The monoisotopic (exact) mass is 240 g/mol. The van der Waals surface area contributed by atoms with Crippen molar-refractivity contribution in [1.29, 1.82) is 10.5 Å². The van der Waals surface area contributed by atoms with E-state index in [2.05, 4.69) is 5.32 Å². The van der Waals surface area contributed by atoms with Crippen LogP contribution in [0.5, 0.6) is 0 Å². The maximum absolute atomic E-state index is 12.2. The van der Waals surface area contributed by atoms with Crippen LogP contribution in [0, 0.1) is 22.7 Å². The van der Waals surface area contributed by atoms with Crippen LogP contribution in [0.4, 0.5) is 5.69 Å². The number of nitriles is 2. The van der Waals surface area contributed by atoms with E-state index in [1.54, 1.807) is 0 Å². The number of benzene rings is 1. The normalized spacial score (nSPS) is 16.0. The maximum atomic E-state index is 12.2. The van der Waals surface area contributed by atoms with Crippen molar-refractivity contribution < 1.29 is 4.79 Å². The molecule has 0 spiro atoms. The van der Waals surface area contributed by atoms with Crippen LogP contribution in [0.3, 0.4) is 0 Å². The molecule has 1 atom stereocenters. The Morgan fingerprint density at radius 2 is 2.00 bits per heavy atom. The summed E-state index contributed by atoms with van der Waals surface area (Å²) in [6.07, 6.45) is 0.600. The van der Waals surface area contributed by atoms with Crippen molar-refractivity contribution >= 4 is 11.6 Å². The molecule has 1 aromatic rings. The lowest BCUT2D eigenvalue weighted by Crippen LogP contribution is -2.42. The van der Waals surface area contributed by atoms with E-state index in [4.69, 9.17) is 10.5 Å². The Labute approximate surface area is 105 Å². The fraction of sp³-hybridized carbons (Fsp3) is 0.308. The molecule has 0 aliphatic carbocycles. The van der Waals surface area contributed by atoms with Gasteiger partial charge in [0.2, 0.25) is 5.91 Å². The maximum Gasteiger partial charge on any atom is 0.247 e. The number of amides is 1. The average Bonchev–Trinajstić information content (AvgIpc) is 2.81. The van der Waals surface area contributed by atoms with Crippen LogP contribution in [0.1, 0.15) is 5.56 Å². The van der Waals surface area contributed by atoms with Gasteiger partial charge in [-0.15, -0.1) is 0 Å². The zero-order chi connectivity index (χ0) is 13.0. The smallest absolute Gasteiger partial charge is 0.247 e. The van der Waals surface area contributed by atoms with Gasteiger partial charge in [-0.25, -0.2) is 0 Å². The number of carbonyl (C=O) groups excluding carboxylic acids is 1. The minimum atomic E-state index is -0.371. The van der Waals surface area contributed by atoms with Crippen LogP contribution in [-0.4, -0.2) is 29.9 Å². The first kappa shape index (κ1) is 11.9. The number of hydrogen-bond donors (Lipinski definition) is 1. The summed E-state index contributed by atoms with van der Waals surface area (Å²) in [5.74, 6) is -0.200. The van der Waals surface area contributed by atoms with Crippen LogP contribution in [0.2, 0.25) is 0 Å². The molecule has 1 N–H and O–H groups in total. The molecule has 1 amide bonds. The van der Waals surface area contributed by atoms with Gasteiger partial charge in [0.05, 0.1) is 12.1 Å². The van der Waals surface area contributed by atoms with Crippen molar-refractivity contribution in [3.63, 3.8) is 0 Å². The second-order valence-electron chi connectivity index (χ2n) is 4.07. The SMILES string of the molecule is N#CCN(CC#N)C(=O)[C@@H]1Cc2ccccc2N1. The highest BCUT2D eigenvalue weighted by Crippen LogP contribution is 2.25. The highest BCUT2D eigenvalue weighted by atomic mass is 16.2. The molecule has 0 aromatic heterocycles. The summed E-state index contributed by atoms with van der Waals surface area (Å²) in [5.41, 5.74) is 2.04. The van der Waals surface area contributed by atoms with Crippen LogP contribution in [0.25, 0.3) is 0 Å². The quantitative estimate of drug-likeness (QED) is 0.796. The molecule has 0 saturated heterocycles. The number of nitrogens with zero attached hydrogens (tertiary/aromatic N) is 3. The molecule has 0 saturated carbocycles. The zero-order valence-corrected chi connectivity index (χ0v) is 9.76. The van der Waals surface area contributed by atoms with Crippen molar-refractivity contribution in [1.82, 2.24) is 4.90 Å². The van der Waals surface area contributed by atoms with Gasteiger partial charge in [0.15, 0.2) is 0 Å². The number of para-hydroxylation sites is 1. The summed E-state index contributed by atoms with van der Waals surface area (Å²) < 4.78 is 0. The summed E-state index contributed by atoms with van der Waals surface area (Å²) in [7, 11) is 0. The molecule has 0 unspecified atom stereocenters. The number of fused-ring (bicyclic) bond motifs is 1. The molecule has 0 fully saturated rings. The standard InChI is InChI=1S/C13H12N4O/c14-5-7-17(8-6-15)13(18)12-9-10-3-1-2-4-11(10)16-12/h1-4,12,16H,7-9H2/t12-/m0/s1. The summed E-state index contributed by atoms with van der Waals surface area (Å²) in [6.45, 7) is -0.109. The predicted molar refractivity (Wildman–Crippen MR) is 65.4 cm³/mol. The third-order valence-corrected chi connectivity index (χ3v) is 2.90. The van der Waals surface area contributed by atoms with E-state index >= 15 is 0 Å². The highest BCUT2D eigenvalue weighted by molar-refractivity contribution is 5.87. The molecule has 2 rings (SSSR count). The Hall–Kier alpha value is -2.53. The van der Waals surface area contributed by atoms with Crippen LogP contribution in [0.15, 0.2) is 24.3 Å². The lowest BCUT2D eigenvalue weighted by molar-refractivity contribution is -0.130. The fourth-order valence-electron chi connectivity index (χ4n) is 2.05. The third kappa shape index (κ3) is 2.26. The predicted octanol–water partition coefficient (Wildman–Crippen LogP) is 0.899. The van der Waals surface area contributed by atoms with Crippen molar-refractivity contribution in [2.24, 2.45) is 0 Å². The van der Waals surface area contributed by atoms with Crippen LogP contribution >= 0.6 is 0 Å². The number of carbonyl (C=O) groups is 1. The summed E-state index contributed by atoms with van der Waals surface area (Å²) in [6, 6.07) is 11.2. The van der Waals surface area contributed by atoms with E-state index < -0.39 is 0 Å². The fourth-order valence-corrected chi connectivity index (χ4v) is 2.05. The Morgan fingerprint density at radius 1 is 1.33 bits per heavy atom. The Balaban J connectivity index is 2.09. The highest BCUT2D eigenvalue weighted by Gasteiger charge is 2.29. The molecule has 90 valence electrons. The molecule has 1 aliphatic rings. The largest absolute Gasteiger partial charge is 0.373 e. The molecule has 0 radical (unpaired) electrons. The van der Waals surface area contributed by atoms with E-state index in [1.165, 1.54) is 4.90 Å². The molecule has 1 heterocycles. The molecule has 5 nitrogen and oxygen atoms in total. The number of hydrogen-bond acceptors (Lipinski definition) is 4. The van der Waals surface area contributed by atoms with Gasteiger partial charge in [-0.05, 0) is 11.6 Å². The van der Waals surface area contributed by atoms with Gasteiger partial charge in [0.1, 0.15) is 19.1 Å². The lowest BCUT2D eigenvalue weighted by atomic mass is 10.1. The summed E-state index contributed by atoms with van der Waals surface area (Å²) in [4.78, 5) is 13.4. The van der Waals surface area contributed by atoms with Gasteiger partial charge < -0.3 is 10.2 Å². The first-order valence-electron chi connectivity index (χ1n) is 5.63. The molecule has 1 aromatic carbocycles. The van der Waals surface area contributed by atoms with Gasteiger partial charge in [0, 0.05) is 12.1 Å². The van der Waals surface area contributed by atoms with Crippen molar-refractivity contribution in [3.8, 4) is 12.1 Å². The van der Waals surface area contributed by atoms with Crippen molar-refractivity contribution in [3.05, 3.63) is 29.8 Å². The Morgan fingerprint density at radius 3 is 2.61 bits per heavy atom. The molecule has 18 heavy (non-hydrogen) atoms. The molecular weight excluding hydrogens is 228 g/mol. The lowest BCUT2D eigenvalue weighted by Gasteiger charge is -2.20. The first-order valence-corrected chi connectivity index (χ1v) is 5.63. The first-order chi connectivity index (χ1) is 8.76. The molecule has 1 aliphatic heterocycles. The topological polar surface area (TPSA) is 79.9 Å². The average molecular weight is 240 g/mol. The molecule has 5 heteroatoms. The minimum Gasteiger partial charge on any atom is -0.373 e. The molecular formula is C13H12N4O. The van der Waals surface area contributed by atoms with Gasteiger partial charge >= 0.3 is 0 Å². The summed E-state index contributed by atoms with van der Waals surface area (Å²) >= 11 is 0. The number of anilines is 1. The van der Waals surface area contributed by atoms with Gasteiger partial charge in [-0.3, -0.25) is 4.79 Å². The van der Waals surface area contributed by atoms with Crippen LogP contribution < -0.4 is 5.32 Å². The number of rotatable bonds is 3. The van der Waals surface area contributed by atoms with Gasteiger partial charge in [-0.2, -0.15) is 10.5 Å². The number of nitrogens with one attached hydrogen (secondary N) is 1. The zero-order valence-electron chi connectivity index (χ0n) is 9.76. The second-order valence-corrected chi connectivity index (χ2v) is 4.07. The van der Waals surface area contributed by atoms with E-state index in [9.17, 15) is 4.79 Å². The van der Waals surface area contributed by atoms with Crippen molar-refractivity contribution in [2.75, 3.05) is 18.4 Å². The van der Waals surface area contributed by atoms with E-state index in [-0.39, 0.29) is 25.0 Å². The third-order valence-electron chi connectivity index (χ3n) is 2.90. The van der Waals surface area contributed by atoms with Crippen LogP contribution in [-0.2, 0) is 11.2 Å². The van der Waals surface area contributed by atoms with E-state index in [0.717, 1.165) is 11.3 Å². The van der Waals surface area contributed by atoms with E-state index in [1.807, 2.05) is 36.4 Å². The Kier molecular flexibility index (Phi) is 3.45.